The van der Waals surface area contributed by atoms with Crippen molar-refractivity contribution in [1.82, 2.24) is 4.98 Å². The Bertz CT molecular complexity index is 565. The molecule has 0 radical (unpaired) electrons. The molecule has 1 aromatic carbocycles. The Morgan fingerprint density at radius 2 is 2.16 bits per heavy atom. The smallest absolute Gasteiger partial charge is 0.221 e. The molecule has 0 aliphatic carbocycles. The molecule has 4 nitrogen and oxygen atoms in total. The summed E-state index contributed by atoms with van der Waals surface area (Å²) < 4.78 is 0. The molecule has 0 spiro atoms. The fourth-order valence-electron chi connectivity index (χ4n) is 1.70. The third kappa shape index (κ3) is 4.06. The van der Waals surface area contributed by atoms with Crippen LogP contribution in [-0.2, 0) is 17.8 Å². The van der Waals surface area contributed by atoms with E-state index in [0.717, 1.165) is 28.5 Å². The van der Waals surface area contributed by atoms with Gasteiger partial charge in [0.15, 0.2) is 0 Å². The summed E-state index contributed by atoms with van der Waals surface area (Å²) in [6, 6.07) is 7.66. The van der Waals surface area contributed by atoms with E-state index in [1.807, 2.05) is 24.3 Å². The second kappa shape index (κ2) is 6.33. The van der Waals surface area contributed by atoms with E-state index in [0.29, 0.717) is 6.54 Å². The number of carbonyl (C=O) groups excluding carboxylic acids is 1. The number of amides is 1. The van der Waals surface area contributed by atoms with E-state index in [-0.39, 0.29) is 5.91 Å². The first kappa shape index (κ1) is 13.5. The summed E-state index contributed by atoms with van der Waals surface area (Å²) in [5.41, 5.74) is 2.81. The molecule has 1 amide bonds. The number of thiazole rings is 1. The maximum atomic E-state index is 11.0. The Morgan fingerprint density at radius 3 is 2.84 bits per heavy atom. The Hall–Kier alpha value is -1.88. The number of aryl methyl sites for hydroxylation is 1. The van der Waals surface area contributed by atoms with Gasteiger partial charge >= 0.3 is 0 Å². The molecule has 1 aromatic heterocycles. The van der Waals surface area contributed by atoms with Crippen LogP contribution in [0.2, 0.25) is 0 Å². The highest BCUT2D eigenvalue weighted by Gasteiger charge is 2.01. The van der Waals surface area contributed by atoms with Gasteiger partial charge in [-0.05, 0) is 24.6 Å². The van der Waals surface area contributed by atoms with Gasteiger partial charge in [0.25, 0.3) is 0 Å². The fourth-order valence-corrected chi connectivity index (χ4v) is 2.44. The highest BCUT2D eigenvalue weighted by Crippen LogP contribution is 2.17. The van der Waals surface area contributed by atoms with E-state index in [1.54, 1.807) is 11.3 Å². The number of nitrogens with one attached hydrogen (secondary N) is 2. The third-order valence-corrected chi connectivity index (χ3v) is 3.60. The van der Waals surface area contributed by atoms with Crippen LogP contribution in [-0.4, -0.2) is 10.9 Å². The zero-order valence-corrected chi connectivity index (χ0v) is 11.9. The summed E-state index contributed by atoms with van der Waals surface area (Å²) in [6.07, 6.45) is 0.975. The summed E-state index contributed by atoms with van der Waals surface area (Å²) in [6.45, 7) is 4.30. The van der Waals surface area contributed by atoms with Gasteiger partial charge in [-0.15, -0.1) is 11.3 Å². The highest BCUT2D eigenvalue weighted by molar-refractivity contribution is 7.09. The van der Waals surface area contributed by atoms with Crippen LogP contribution in [0.4, 0.5) is 11.4 Å². The topological polar surface area (TPSA) is 54.0 Å². The Morgan fingerprint density at radius 1 is 1.37 bits per heavy atom. The van der Waals surface area contributed by atoms with Gasteiger partial charge in [-0.2, -0.15) is 0 Å². The maximum absolute atomic E-state index is 11.0. The largest absolute Gasteiger partial charge is 0.379 e. The SMILES string of the molecule is CCc1nc(CNc2cccc(NC(C)=O)c2)cs1. The number of nitrogens with zero attached hydrogens (tertiary/aromatic N) is 1. The minimum atomic E-state index is -0.0655. The molecule has 0 bridgehead atoms. The van der Waals surface area contributed by atoms with Crippen LogP contribution >= 0.6 is 11.3 Å². The normalized spacial score (nSPS) is 10.2. The summed E-state index contributed by atoms with van der Waals surface area (Å²) in [5, 5.41) is 9.30. The average Bonchev–Trinajstić information content (AvgIpc) is 2.84. The number of hydrogen-bond acceptors (Lipinski definition) is 4. The molecule has 2 N–H and O–H groups in total. The summed E-state index contributed by atoms with van der Waals surface area (Å²) in [4.78, 5) is 15.5. The Balaban J connectivity index is 1.97. The first-order valence-corrected chi connectivity index (χ1v) is 7.10. The van der Waals surface area contributed by atoms with Crippen LogP contribution in [0.25, 0.3) is 0 Å². The van der Waals surface area contributed by atoms with Crippen LogP contribution in [0.1, 0.15) is 24.5 Å². The molecule has 2 aromatic rings. The van der Waals surface area contributed by atoms with Gasteiger partial charge in [-0.25, -0.2) is 4.98 Å². The summed E-state index contributed by atoms with van der Waals surface area (Å²) in [7, 11) is 0. The van der Waals surface area contributed by atoms with Crippen molar-refractivity contribution >= 4 is 28.6 Å². The molecule has 1 heterocycles. The van der Waals surface area contributed by atoms with Gasteiger partial charge in [0.1, 0.15) is 0 Å². The molecule has 2 rings (SSSR count). The lowest BCUT2D eigenvalue weighted by molar-refractivity contribution is -0.114. The van der Waals surface area contributed by atoms with Crippen molar-refractivity contribution in [3.05, 3.63) is 40.3 Å². The number of carbonyl (C=O) groups is 1. The zero-order chi connectivity index (χ0) is 13.7. The molecule has 0 aliphatic rings. The monoisotopic (exact) mass is 275 g/mol. The first-order chi connectivity index (χ1) is 9.17. The standard InChI is InChI=1S/C14H17N3OS/c1-3-14-17-13(9-19-14)8-15-11-5-4-6-12(7-11)16-10(2)18/h4-7,9,15H,3,8H2,1-2H3,(H,16,18). The van der Waals surface area contributed by atoms with Crippen LogP contribution in [0.5, 0.6) is 0 Å². The van der Waals surface area contributed by atoms with Crippen LogP contribution in [0.3, 0.4) is 0 Å². The van der Waals surface area contributed by atoms with Crippen molar-refractivity contribution < 1.29 is 4.79 Å². The molecule has 0 unspecified atom stereocenters. The maximum Gasteiger partial charge on any atom is 0.221 e. The lowest BCUT2D eigenvalue weighted by Crippen LogP contribution is -2.06. The molecule has 0 aliphatic heterocycles. The van der Waals surface area contributed by atoms with E-state index in [2.05, 4.69) is 27.9 Å². The molecule has 0 saturated heterocycles. The average molecular weight is 275 g/mol. The van der Waals surface area contributed by atoms with E-state index >= 15 is 0 Å². The summed E-state index contributed by atoms with van der Waals surface area (Å²) >= 11 is 1.69. The number of anilines is 2. The third-order valence-electron chi connectivity index (χ3n) is 2.56. The lowest BCUT2D eigenvalue weighted by atomic mass is 10.2. The molecule has 19 heavy (non-hydrogen) atoms. The minimum Gasteiger partial charge on any atom is -0.379 e. The predicted molar refractivity (Wildman–Crippen MR) is 79.6 cm³/mol. The number of benzene rings is 1. The molecular formula is C14H17N3OS. The van der Waals surface area contributed by atoms with Gasteiger partial charge in [-0.3, -0.25) is 4.79 Å². The van der Waals surface area contributed by atoms with Crippen molar-refractivity contribution in [2.24, 2.45) is 0 Å². The second-order valence-electron chi connectivity index (χ2n) is 4.20. The fraction of sp³-hybridized carbons (Fsp3) is 0.286. The zero-order valence-electron chi connectivity index (χ0n) is 11.1. The molecule has 0 atom stereocenters. The highest BCUT2D eigenvalue weighted by atomic mass is 32.1. The van der Waals surface area contributed by atoms with Gasteiger partial charge in [-0.1, -0.05) is 13.0 Å². The Kier molecular flexibility index (Phi) is 4.52. The van der Waals surface area contributed by atoms with Gasteiger partial charge in [0.2, 0.25) is 5.91 Å². The van der Waals surface area contributed by atoms with Crippen LogP contribution < -0.4 is 10.6 Å². The lowest BCUT2D eigenvalue weighted by Gasteiger charge is -2.07. The van der Waals surface area contributed by atoms with Gasteiger partial charge in [0, 0.05) is 23.7 Å². The number of rotatable bonds is 5. The van der Waals surface area contributed by atoms with E-state index < -0.39 is 0 Å². The van der Waals surface area contributed by atoms with E-state index in [4.69, 9.17) is 0 Å². The molecule has 100 valence electrons. The van der Waals surface area contributed by atoms with Crippen molar-refractivity contribution in [2.45, 2.75) is 26.8 Å². The van der Waals surface area contributed by atoms with E-state index in [9.17, 15) is 4.79 Å². The van der Waals surface area contributed by atoms with Gasteiger partial charge < -0.3 is 10.6 Å². The quantitative estimate of drug-likeness (QED) is 0.880. The van der Waals surface area contributed by atoms with Crippen molar-refractivity contribution in [1.29, 1.82) is 0 Å². The van der Waals surface area contributed by atoms with E-state index in [1.165, 1.54) is 6.92 Å². The number of aromatic nitrogens is 1. The Labute approximate surface area is 116 Å². The van der Waals surface area contributed by atoms with Crippen molar-refractivity contribution in [2.75, 3.05) is 10.6 Å². The summed E-state index contributed by atoms with van der Waals surface area (Å²) in [5.74, 6) is -0.0655. The van der Waals surface area contributed by atoms with Gasteiger partial charge in [0.05, 0.1) is 17.2 Å². The first-order valence-electron chi connectivity index (χ1n) is 6.22. The van der Waals surface area contributed by atoms with Crippen molar-refractivity contribution in [3.8, 4) is 0 Å². The second-order valence-corrected chi connectivity index (χ2v) is 5.14. The van der Waals surface area contributed by atoms with Crippen molar-refractivity contribution in [3.63, 3.8) is 0 Å². The molecule has 0 fully saturated rings. The minimum absolute atomic E-state index is 0.0655. The molecule has 0 saturated carbocycles. The van der Waals surface area contributed by atoms with Crippen LogP contribution in [0, 0.1) is 0 Å². The predicted octanol–water partition coefficient (Wildman–Crippen LogP) is 3.28. The molecular weight excluding hydrogens is 258 g/mol. The number of hydrogen-bond donors (Lipinski definition) is 2. The molecule has 5 heteroatoms. The van der Waals surface area contributed by atoms with Crippen LogP contribution in [0.15, 0.2) is 29.6 Å².